The third-order valence-corrected chi connectivity index (χ3v) is 3.73. The fourth-order valence-electron chi connectivity index (χ4n) is 2.32. The number of nitrogens with two attached hydrogens (primary N) is 1. The number of benzene rings is 1. The summed E-state index contributed by atoms with van der Waals surface area (Å²) in [5.74, 6) is -0.195. The minimum atomic E-state index is -0.195. The van der Waals surface area contributed by atoms with Crippen molar-refractivity contribution in [2.24, 2.45) is 7.05 Å². The molecule has 3 N–H and O–H groups in total. The predicted octanol–water partition coefficient (Wildman–Crippen LogP) is 2.02. The van der Waals surface area contributed by atoms with Crippen molar-refractivity contribution in [1.29, 1.82) is 0 Å². The van der Waals surface area contributed by atoms with Gasteiger partial charge < -0.3 is 11.1 Å². The Morgan fingerprint density at radius 2 is 1.95 bits per heavy atom. The highest BCUT2D eigenvalue weighted by Gasteiger charge is 2.23. The van der Waals surface area contributed by atoms with Crippen LogP contribution in [0, 0.1) is 6.92 Å². The highest BCUT2D eigenvalue weighted by atomic mass is 16.2. The molecule has 0 saturated heterocycles. The van der Waals surface area contributed by atoms with Gasteiger partial charge in [0.15, 0.2) is 0 Å². The summed E-state index contributed by atoms with van der Waals surface area (Å²) in [6, 6.07) is 10.1. The van der Waals surface area contributed by atoms with E-state index in [-0.39, 0.29) is 11.3 Å². The molecule has 0 bridgehead atoms. The first-order valence-corrected chi connectivity index (χ1v) is 6.96. The summed E-state index contributed by atoms with van der Waals surface area (Å²) in [6.45, 7) is 6.51. The number of rotatable bonds is 4. The largest absolute Gasteiger partial charge is 0.395 e. The second-order valence-electron chi connectivity index (χ2n) is 5.90. The van der Waals surface area contributed by atoms with Crippen molar-refractivity contribution in [3.05, 3.63) is 47.3 Å². The molecule has 112 valence electrons. The van der Waals surface area contributed by atoms with Crippen LogP contribution in [0.5, 0.6) is 0 Å². The molecule has 0 aliphatic carbocycles. The van der Waals surface area contributed by atoms with Gasteiger partial charge in [0.25, 0.3) is 5.91 Å². The summed E-state index contributed by atoms with van der Waals surface area (Å²) in [5.41, 5.74) is 8.46. The van der Waals surface area contributed by atoms with Crippen LogP contribution in [0.2, 0.25) is 0 Å². The van der Waals surface area contributed by atoms with Crippen molar-refractivity contribution in [1.82, 2.24) is 15.1 Å². The highest BCUT2D eigenvalue weighted by Crippen LogP contribution is 2.22. The molecule has 1 heterocycles. The number of amides is 1. The molecule has 0 unspecified atom stereocenters. The average molecular weight is 286 g/mol. The third-order valence-electron chi connectivity index (χ3n) is 3.73. The third kappa shape index (κ3) is 3.07. The summed E-state index contributed by atoms with van der Waals surface area (Å²) in [6.07, 6.45) is 0. The molecule has 0 aliphatic rings. The first kappa shape index (κ1) is 15.1. The molecule has 0 spiro atoms. The molecule has 0 atom stereocenters. The molecule has 5 nitrogen and oxygen atoms in total. The van der Waals surface area contributed by atoms with Gasteiger partial charge >= 0.3 is 0 Å². The normalized spacial score (nSPS) is 11.4. The van der Waals surface area contributed by atoms with E-state index in [1.807, 2.05) is 18.2 Å². The quantitative estimate of drug-likeness (QED) is 0.903. The zero-order valence-electron chi connectivity index (χ0n) is 13.0. The van der Waals surface area contributed by atoms with E-state index < -0.39 is 0 Å². The topological polar surface area (TPSA) is 72.9 Å². The van der Waals surface area contributed by atoms with Gasteiger partial charge in [-0.25, -0.2) is 0 Å². The van der Waals surface area contributed by atoms with Crippen molar-refractivity contribution in [3.63, 3.8) is 0 Å². The van der Waals surface area contributed by atoms with Crippen LogP contribution in [0.25, 0.3) is 0 Å². The number of anilines is 1. The Kier molecular flexibility index (Phi) is 4.02. The lowest BCUT2D eigenvalue weighted by Crippen LogP contribution is -2.37. The number of aryl methyl sites for hydroxylation is 2. The van der Waals surface area contributed by atoms with E-state index in [4.69, 9.17) is 5.73 Å². The Morgan fingerprint density at radius 1 is 1.33 bits per heavy atom. The SMILES string of the molecule is Cc1nn(C)c(C(=O)NCC(C)(C)c2ccccc2)c1N. The second kappa shape index (κ2) is 5.60. The maximum atomic E-state index is 12.3. The lowest BCUT2D eigenvalue weighted by molar-refractivity contribution is 0.0937. The molecule has 0 fully saturated rings. The van der Waals surface area contributed by atoms with Crippen LogP contribution >= 0.6 is 0 Å². The molecule has 0 saturated carbocycles. The van der Waals surface area contributed by atoms with Crippen LogP contribution < -0.4 is 11.1 Å². The summed E-state index contributed by atoms with van der Waals surface area (Å²) >= 11 is 0. The Balaban J connectivity index is 2.11. The number of nitrogen functional groups attached to an aromatic ring is 1. The van der Waals surface area contributed by atoms with Gasteiger partial charge in [0.2, 0.25) is 0 Å². The first-order chi connectivity index (χ1) is 9.83. The Labute approximate surface area is 125 Å². The van der Waals surface area contributed by atoms with E-state index in [0.29, 0.717) is 23.6 Å². The minimum Gasteiger partial charge on any atom is -0.395 e. The number of carbonyl (C=O) groups is 1. The van der Waals surface area contributed by atoms with Crippen LogP contribution in [0.15, 0.2) is 30.3 Å². The van der Waals surface area contributed by atoms with Crippen molar-refractivity contribution >= 4 is 11.6 Å². The smallest absolute Gasteiger partial charge is 0.271 e. The van der Waals surface area contributed by atoms with Crippen molar-refractivity contribution in [3.8, 4) is 0 Å². The lowest BCUT2D eigenvalue weighted by Gasteiger charge is -2.25. The van der Waals surface area contributed by atoms with E-state index in [1.54, 1.807) is 14.0 Å². The van der Waals surface area contributed by atoms with Crippen LogP contribution in [0.1, 0.15) is 35.6 Å². The van der Waals surface area contributed by atoms with Crippen LogP contribution in [0.4, 0.5) is 5.69 Å². The van der Waals surface area contributed by atoms with Gasteiger partial charge in [0.1, 0.15) is 5.69 Å². The highest BCUT2D eigenvalue weighted by molar-refractivity contribution is 5.98. The summed E-state index contributed by atoms with van der Waals surface area (Å²) in [4.78, 5) is 12.3. The van der Waals surface area contributed by atoms with Crippen molar-refractivity contribution in [2.45, 2.75) is 26.2 Å². The molecule has 1 aromatic carbocycles. The van der Waals surface area contributed by atoms with Gasteiger partial charge in [0.05, 0.1) is 11.4 Å². The van der Waals surface area contributed by atoms with Crippen molar-refractivity contribution < 1.29 is 4.79 Å². The number of hydrogen-bond acceptors (Lipinski definition) is 3. The number of aromatic nitrogens is 2. The fourth-order valence-corrected chi connectivity index (χ4v) is 2.32. The maximum Gasteiger partial charge on any atom is 0.271 e. The first-order valence-electron chi connectivity index (χ1n) is 6.96. The van der Waals surface area contributed by atoms with E-state index >= 15 is 0 Å². The average Bonchev–Trinajstić information content (AvgIpc) is 2.71. The molecular formula is C16H22N4O. The molecule has 1 amide bonds. The molecule has 0 radical (unpaired) electrons. The van der Waals surface area contributed by atoms with Crippen molar-refractivity contribution in [2.75, 3.05) is 12.3 Å². The zero-order chi connectivity index (χ0) is 15.6. The summed E-state index contributed by atoms with van der Waals surface area (Å²) in [5, 5.41) is 7.12. The van der Waals surface area contributed by atoms with Gasteiger partial charge in [0, 0.05) is 19.0 Å². The Morgan fingerprint density at radius 3 is 2.48 bits per heavy atom. The number of hydrogen-bond donors (Lipinski definition) is 2. The van der Waals surface area contributed by atoms with Gasteiger partial charge in [-0.05, 0) is 12.5 Å². The molecule has 1 aromatic heterocycles. The number of carbonyl (C=O) groups excluding carboxylic acids is 1. The van der Waals surface area contributed by atoms with Gasteiger partial charge in [-0.2, -0.15) is 5.10 Å². The van der Waals surface area contributed by atoms with Crippen LogP contribution in [-0.2, 0) is 12.5 Å². The van der Waals surface area contributed by atoms with Gasteiger partial charge in [-0.15, -0.1) is 0 Å². The Bertz CT molecular complexity index is 644. The van der Waals surface area contributed by atoms with Crippen LogP contribution in [-0.4, -0.2) is 22.2 Å². The molecule has 2 rings (SSSR count). The second-order valence-corrected chi connectivity index (χ2v) is 5.90. The summed E-state index contributed by atoms with van der Waals surface area (Å²) < 4.78 is 1.52. The molecule has 5 heteroatoms. The minimum absolute atomic E-state index is 0.153. The lowest BCUT2D eigenvalue weighted by atomic mass is 9.84. The number of nitrogens with zero attached hydrogens (tertiary/aromatic N) is 2. The molecule has 2 aromatic rings. The van der Waals surface area contributed by atoms with E-state index in [9.17, 15) is 4.79 Å². The Hall–Kier alpha value is -2.30. The number of nitrogens with one attached hydrogen (secondary N) is 1. The van der Waals surface area contributed by atoms with E-state index in [1.165, 1.54) is 10.2 Å². The predicted molar refractivity (Wildman–Crippen MR) is 84.2 cm³/mol. The standard InChI is InChI=1S/C16H22N4O/c1-11-13(17)14(20(4)19-11)15(21)18-10-16(2,3)12-8-6-5-7-9-12/h5-9H,10,17H2,1-4H3,(H,18,21). The van der Waals surface area contributed by atoms with Gasteiger partial charge in [-0.3, -0.25) is 9.48 Å². The monoisotopic (exact) mass is 286 g/mol. The van der Waals surface area contributed by atoms with Crippen LogP contribution in [0.3, 0.4) is 0 Å². The zero-order valence-corrected chi connectivity index (χ0v) is 13.0. The molecular weight excluding hydrogens is 264 g/mol. The molecule has 21 heavy (non-hydrogen) atoms. The fraction of sp³-hybridized carbons (Fsp3) is 0.375. The molecule has 0 aliphatic heterocycles. The van der Waals surface area contributed by atoms with Gasteiger partial charge in [-0.1, -0.05) is 44.2 Å². The summed E-state index contributed by atoms with van der Waals surface area (Å²) in [7, 11) is 1.72. The van der Waals surface area contributed by atoms with E-state index in [2.05, 4.69) is 36.4 Å². The maximum absolute atomic E-state index is 12.3. The van der Waals surface area contributed by atoms with E-state index in [0.717, 1.165) is 0 Å².